The van der Waals surface area contributed by atoms with E-state index in [0.29, 0.717) is 11.1 Å². The molecule has 0 aromatic heterocycles. The van der Waals surface area contributed by atoms with Crippen molar-refractivity contribution in [2.75, 3.05) is 0 Å². The van der Waals surface area contributed by atoms with Gasteiger partial charge in [0.05, 0.1) is 7.14 Å². The summed E-state index contributed by atoms with van der Waals surface area (Å²) in [4.78, 5) is 0. The van der Waals surface area contributed by atoms with Gasteiger partial charge in [-0.05, 0) is 57.3 Å². The van der Waals surface area contributed by atoms with E-state index in [1.807, 2.05) is 24.3 Å². The summed E-state index contributed by atoms with van der Waals surface area (Å²) in [6.45, 7) is 0. The molecule has 0 aliphatic carbocycles. The Balaban J connectivity index is 2.68. The van der Waals surface area contributed by atoms with Gasteiger partial charge in [0.15, 0.2) is 0 Å². The largest absolute Gasteiger partial charge is 0.506 e. The maximum absolute atomic E-state index is 9.95. The molecule has 0 saturated carbocycles. The average Bonchev–Trinajstić information content (AvgIpc) is 2.27. The van der Waals surface area contributed by atoms with Gasteiger partial charge in [0.25, 0.3) is 0 Å². The molecule has 16 heavy (non-hydrogen) atoms. The molecule has 0 spiro atoms. The summed E-state index contributed by atoms with van der Waals surface area (Å²) in [5.41, 5.74) is 1.31. The van der Waals surface area contributed by atoms with Gasteiger partial charge in [0.1, 0.15) is 11.5 Å². The fourth-order valence-electron chi connectivity index (χ4n) is 1.47. The Bertz CT molecular complexity index is 489. The molecule has 2 N–H and O–H groups in total. The van der Waals surface area contributed by atoms with Crippen LogP contribution in [0.3, 0.4) is 0 Å². The van der Waals surface area contributed by atoms with Gasteiger partial charge in [0.2, 0.25) is 0 Å². The van der Waals surface area contributed by atoms with E-state index in [0.717, 1.165) is 7.14 Å². The first-order valence-electron chi connectivity index (χ1n) is 4.56. The van der Waals surface area contributed by atoms with Crippen LogP contribution in [0.2, 0.25) is 0 Å². The van der Waals surface area contributed by atoms with Gasteiger partial charge in [-0.2, -0.15) is 0 Å². The molecule has 0 fully saturated rings. The Labute approximate surface area is 121 Å². The highest BCUT2D eigenvalue weighted by atomic mass is 127. The topological polar surface area (TPSA) is 40.5 Å². The van der Waals surface area contributed by atoms with E-state index in [-0.39, 0.29) is 11.5 Å². The highest BCUT2D eigenvalue weighted by Gasteiger charge is 2.12. The minimum Gasteiger partial charge on any atom is -0.506 e. The van der Waals surface area contributed by atoms with Gasteiger partial charge in [-0.1, -0.05) is 24.3 Å². The zero-order valence-electron chi connectivity index (χ0n) is 8.11. The van der Waals surface area contributed by atoms with Crippen LogP contribution in [0.15, 0.2) is 36.4 Å². The van der Waals surface area contributed by atoms with Crippen molar-refractivity contribution in [1.29, 1.82) is 0 Å². The fraction of sp³-hybridized carbons (Fsp3) is 0. The molecule has 0 saturated heterocycles. The molecule has 0 aliphatic rings. The number of para-hydroxylation sites is 2. The summed E-state index contributed by atoms with van der Waals surface area (Å²) in [5, 5.41) is 19.9. The second kappa shape index (κ2) is 4.79. The standard InChI is InChI=1S/C12H8I2O2/c13-9-5-1-3-7(11(9)15)8-4-2-6-10(14)12(8)16/h1-6,15-16H. The quantitative estimate of drug-likeness (QED) is 0.662. The van der Waals surface area contributed by atoms with Crippen molar-refractivity contribution in [2.24, 2.45) is 0 Å². The molecule has 0 atom stereocenters. The number of benzene rings is 2. The molecule has 0 amide bonds. The Hall–Kier alpha value is -0.500. The Morgan fingerprint density at radius 2 is 1.06 bits per heavy atom. The van der Waals surface area contributed by atoms with E-state index in [4.69, 9.17) is 0 Å². The summed E-state index contributed by atoms with van der Waals surface area (Å²) in [6.07, 6.45) is 0. The van der Waals surface area contributed by atoms with Crippen molar-refractivity contribution in [3.8, 4) is 22.6 Å². The molecular weight excluding hydrogens is 430 g/mol. The van der Waals surface area contributed by atoms with E-state index in [9.17, 15) is 10.2 Å². The Morgan fingerprint density at radius 3 is 1.44 bits per heavy atom. The monoisotopic (exact) mass is 438 g/mol. The predicted octanol–water partition coefficient (Wildman–Crippen LogP) is 3.97. The van der Waals surface area contributed by atoms with Crippen molar-refractivity contribution in [3.05, 3.63) is 43.5 Å². The summed E-state index contributed by atoms with van der Waals surface area (Å²) in [5.74, 6) is 0.417. The molecule has 0 unspecified atom stereocenters. The van der Waals surface area contributed by atoms with E-state index in [1.165, 1.54) is 0 Å². The number of hydrogen-bond acceptors (Lipinski definition) is 2. The van der Waals surface area contributed by atoms with Gasteiger partial charge in [0, 0.05) is 11.1 Å². The SMILES string of the molecule is Oc1c(I)cccc1-c1cccc(I)c1O. The van der Waals surface area contributed by atoms with E-state index < -0.39 is 0 Å². The van der Waals surface area contributed by atoms with Crippen LogP contribution in [0.1, 0.15) is 0 Å². The normalized spacial score (nSPS) is 10.4. The molecule has 2 aromatic rings. The van der Waals surface area contributed by atoms with Crippen LogP contribution in [0, 0.1) is 7.14 Å². The lowest BCUT2D eigenvalue weighted by molar-refractivity contribution is 0.465. The molecule has 2 nitrogen and oxygen atoms in total. The van der Waals surface area contributed by atoms with Gasteiger partial charge < -0.3 is 10.2 Å². The molecule has 0 bridgehead atoms. The van der Waals surface area contributed by atoms with E-state index >= 15 is 0 Å². The first kappa shape index (κ1) is 12.0. The fourth-order valence-corrected chi connectivity index (χ4v) is 2.46. The van der Waals surface area contributed by atoms with Crippen molar-refractivity contribution in [3.63, 3.8) is 0 Å². The number of hydrogen-bond donors (Lipinski definition) is 2. The highest BCUT2D eigenvalue weighted by molar-refractivity contribution is 14.1. The third-order valence-electron chi connectivity index (χ3n) is 2.26. The molecule has 4 heteroatoms. The molecule has 2 rings (SSSR count). The van der Waals surface area contributed by atoms with Crippen LogP contribution in [0.25, 0.3) is 11.1 Å². The smallest absolute Gasteiger partial charge is 0.136 e. The van der Waals surface area contributed by atoms with Gasteiger partial charge in [-0.3, -0.25) is 0 Å². The Morgan fingerprint density at radius 1 is 0.688 bits per heavy atom. The molecule has 2 aromatic carbocycles. The molecule has 0 heterocycles. The number of halogens is 2. The minimum atomic E-state index is 0.209. The zero-order chi connectivity index (χ0) is 11.7. The lowest BCUT2D eigenvalue weighted by Crippen LogP contribution is -1.84. The first-order valence-corrected chi connectivity index (χ1v) is 6.72. The van der Waals surface area contributed by atoms with Crippen LogP contribution in [-0.4, -0.2) is 10.2 Å². The van der Waals surface area contributed by atoms with Crippen LogP contribution < -0.4 is 0 Å². The average molecular weight is 438 g/mol. The third-order valence-corrected chi connectivity index (χ3v) is 4.00. The maximum atomic E-state index is 9.95. The Kier molecular flexibility index (Phi) is 3.58. The predicted molar refractivity (Wildman–Crippen MR) is 80.6 cm³/mol. The zero-order valence-corrected chi connectivity index (χ0v) is 12.4. The molecule has 0 radical (unpaired) electrons. The third kappa shape index (κ3) is 2.13. The molecule has 82 valence electrons. The molecule has 0 aliphatic heterocycles. The summed E-state index contributed by atoms with van der Waals surface area (Å²) >= 11 is 4.13. The van der Waals surface area contributed by atoms with E-state index in [2.05, 4.69) is 45.2 Å². The van der Waals surface area contributed by atoms with Crippen LogP contribution in [0.5, 0.6) is 11.5 Å². The van der Waals surface area contributed by atoms with Gasteiger partial charge >= 0.3 is 0 Å². The van der Waals surface area contributed by atoms with Crippen molar-refractivity contribution in [1.82, 2.24) is 0 Å². The van der Waals surface area contributed by atoms with E-state index in [1.54, 1.807) is 12.1 Å². The summed E-state index contributed by atoms with van der Waals surface area (Å²) in [7, 11) is 0. The van der Waals surface area contributed by atoms with Crippen LogP contribution >= 0.6 is 45.2 Å². The number of phenols is 2. The highest BCUT2D eigenvalue weighted by Crippen LogP contribution is 2.39. The lowest BCUT2D eigenvalue weighted by Gasteiger charge is -2.09. The van der Waals surface area contributed by atoms with Crippen molar-refractivity contribution >= 4 is 45.2 Å². The number of phenolic OH excluding ortho intramolecular Hbond substituents is 2. The second-order valence-electron chi connectivity index (χ2n) is 3.27. The number of rotatable bonds is 1. The van der Waals surface area contributed by atoms with Crippen LogP contribution in [0.4, 0.5) is 0 Å². The maximum Gasteiger partial charge on any atom is 0.136 e. The second-order valence-corrected chi connectivity index (χ2v) is 5.60. The molecular formula is C12H8I2O2. The lowest BCUT2D eigenvalue weighted by atomic mass is 10.0. The number of aromatic hydroxyl groups is 2. The van der Waals surface area contributed by atoms with Crippen LogP contribution in [-0.2, 0) is 0 Å². The summed E-state index contributed by atoms with van der Waals surface area (Å²) < 4.78 is 1.54. The minimum absolute atomic E-state index is 0.209. The van der Waals surface area contributed by atoms with Gasteiger partial charge in [-0.25, -0.2) is 0 Å². The van der Waals surface area contributed by atoms with Gasteiger partial charge in [-0.15, -0.1) is 0 Å². The summed E-state index contributed by atoms with van der Waals surface area (Å²) in [6, 6.07) is 11.0. The first-order chi connectivity index (χ1) is 7.61. The van der Waals surface area contributed by atoms with Crippen molar-refractivity contribution in [2.45, 2.75) is 0 Å². The van der Waals surface area contributed by atoms with Crippen molar-refractivity contribution < 1.29 is 10.2 Å².